The zero-order valence-corrected chi connectivity index (χ0v) is 17.4. The molecule has 0 atom stereocenters. The molecule has 1 aromatic heterocycles. The van der Waals surface area contributed by atoms with Gasteiger partial charge in [0.25, 0.3) is 0 Å². The fourth-order valence-electron chi connectivity index (χ4n) is 2.92. The number of aryl methyl sites for hydroxylation is 1. The summed E-state index contributed by atoms with van der Waals surface area (Å²) < 4.78 is 4.61. The molecule has 0 aliphatic heterocycles. The highest BCUT2D eigenvalue weighted by atomic mass is 32.1. The van der Waals surface area contributed by atoms with Crippen LogP contribution in [-0.4, -0.2) is 29.6 Å². The molecule has 2 aromatic rings. The Labute approximate surface area is 170 Å². The second-order valence-corrected chi connectivity index (χ2v) is 7.68. The van der Waals surface area contributed by atoms with E-state index >= 15 is 0 Å². The van der Waals surface area contributed by atoms with Crippen LogP contribution >= 0.6 is 11.3 Å². The van der Waals surface area contributed by atoms with Crippen molar-refractivity contribution in [1.82, 2.24) is 4.98 Å². The van der Waals surface area contributed by atoms with Gasteiger partial charge in [0.15, 0.2) is 11.5 Å². The number of nitrogens with zero attached hydrogens (tertiary/aromatic N) is 1. The van der Waals surface area contributed by atoms with Crippen molar-refractivity contribution in [3.05, 3.63) is 51.5 Å². The van der Waals surface area contributed by atoms with E-state index in [2.05, 4.69) is 16.6 Å². The number of hydrogen-bond acceptors (Lipinski definition) is 6. The van der Waals surface area contributed by atoms with Gasteiger partial charge < -0.3 is 10.1 Å². The molecular formula is C22H28N2O3S. The molecule has 6 heteroatoms. The number of esters is 1. The highest BCUT2D eigenvalue weighted by molar-refractivity contribution is 7.12. The van der Waals surface area contributed by atoms with Crippen LogP contribution in [0.5, 0.6) is 0 Å². The number of ketones is 1. The van der Waals surface area contributed by atoms with E-state index in [1.807, 2.05) is 24.3 Å². The summed E-state index contributed by atoms with van der Waals surface area (Å²) in [7, 11) is 1.28. The molecule has 0 saturated heterocycles. The third kappa shape index (κ3) is 6.68. The molecule has 2 rings (SSSR count). The Bertz CT molecular complexity index is 796. The predicted octanol–water partition coefficient (Wildman–Crippen LogP) is 5.47. The van der Waals surface area contributed by atoms with E-state index in [1.165, 1.54) is 67.9 Å². The van der Waals surface area contributed by atoms with Crippen LogP contribution in [0.2, 0.25) is 0 Å². The fourth-order valence-corrected chi connectivity index (χ4v) is 3.65. The number of ether oxygens (including phenoxy) is 1. The second kappa shape index (κ2) is 11.5. The van der Waals surface area contributed by atoms with Gasteiger partial charge in [-0.15, -0.1) is 11.3 Å². The molecule has 1 aromatic carbocycles. The number of benzene rings is 1. The van der Waals surface area contributed by atoms with Crippen molar-refractivity contribution < 1.29 is 14.3 Å². The minimum atomic E-state index is -0.539. The molecule has 0 amide bonds. The first-order valence-corrected chi connectivity index (χ1v) is 10.7. The Morgan fingerprint density at radius 1 is 1.07 bits per heavy atom. The van der Waals surface area contributed by atoms with E-state index in [-0.39, 0.29) is 23.6 Å². The number of thiazole rings is 1. The fraction of sp³-hybridized carbons (Fsp3) is 0.455. The third-order valence-corrected chi connectivity index (χ3v) is 5.49. The summed E-state index contributed by atoms with van der Waals surface area (Å²) >= 11 is 1.17. The number of methoxy groups -OCH3 is 1. The lowest BCUT2D eigenvalue weighted by molar-refractivity contribution is 0.0595. The summed E-state index contributed by atoms with van der Waals surface area (Å²) in [5, 5.41) is 10.0. The first-order valence-electron chi connectivity index (χ1n) is 9.79. The molecule has 150 valence electrons. The minimum absolute atomic E-state index is 0.0368. The Balaban J connectivity index is 1.82. The number of rotatable bonds is 12. The van der Waals surface area contributed by atoms with Gasteiger partial charge in [0.05, 0.1) is 19.2 Å². The third-order valence-electron chi connectivity index (χ3n) is 4.59. The van der Waals surface area contributed by atoms with E-state index in [1.54, 1.807) is 0 Å². The van der Waals surface area contributed by atoms with Gasteiger partial charge in [-0.1, -0.05) is 63.3 Å². The molecule has 0 aliphatic rings. The molecule has 0 saturated carbocycles. The summed E-state index contributed by atoms with van der Waals surface area (Å²) in [6, 6.07) is 7.68. The van der Waals surface area contributed by atoms with Crippen LogP contribution in [0.25, 0.3) is 0 Å². The van der Waals surface area contributed by atoms with E-state index in [9.17, 15) is 9.59 Å². The minimum Gasteiger partial charge on any atom is -0.464 e. The Morgan fingerprint density at radius 3 is 2.43 bits per heavy atom. The van der Waals surface area contributed by atoms with E-state index < -0.39 is 5.97 Å². The van der Waals surface area contributed by atoms with Crippen LogP contribution in [0.3, 0.4) is 0 Å². The van der Waals surface area contributed by atoms with Crippen molar-refractivity contribution in [2.24, 2.45) is 0 Å². The summed E-state index contributed by atoms with van der Waals surface area (Å²) in [6.07, 6.45) is 8.61. The first-order chi connectivity index (χ1) is 13.5. The lowest BCUT2D eigenvalue weighted by Crippen LogP contribution is -2.09. The van der Waals surface area contributed by atoms with Gasteiger partial charge >= 0.3 is 5.97 Å². The van der Waals surface area contributed by atoms with E-state index in [4.69, 9.17) is 5.41 Å². The predicted molar refractivity (Wildman–Crippen MR) is 113 cm³/mol. The van der Waals surface area contributed by atoms with Crippen molar-refractivity contribution in [2.45, 2.75) is 58.3 Å². The summed E-state index contributed by atoms with van der Waals surface area (Å²) in [5.41, 5.74) is 2.12. The van der Waals surface area contributed by atoms with Gasteiger partial charge in [-0.3, -0.25) is 4.79 Å². The van der Waals surface area contributed by atoms with Gasteiger partial charge in [0.1, 0.15) is 5.01 Å². The van der Waals surface area contributed by atoms with Crippen molar-refractivity contribution in [1.29, 1.82) is 5.41 Å². The molecule has 28 heavy (non-hydrogen) atoms. The molecule has 1 N–H and O–H groups in total. The molecule has 0 bridgehead atoms. The van der Waals surface area contributed by atoms with Crippen LogP contribution < -0.4 is 0 Å². The normalized spacial score (nSPS) is 10.6. The highest BCUT2D eigenvalue weighted by Gasteiger charge is 2.16. The number of carbonyl (C=O) groups excluding carboxylic acids is 2. The quantitative estimate of drug-likeness (QED) is 0.222. The molecule has 1 heterocycles. The van der Waals surface area contributed by atoms with Crippen LogP contribution in [0.1, 0.15) is 83.3 Å². The maximum Gasteiger partial charge on any atom is 0.357 e. The monoisotopic (exact) mass is 400 g/mol. The largest absolute Gasteiger partial charge is 0.464 e. The molecule has 5 nitrogen and oxygen atoms in total. The number of aromatic nitrogens is 1. The Hall–Kier alpha value is -2.34. The number of Topliss-reactive ketones (excluding diaryl/α,β-unsaturated/α-hetero) is 1. The van der Waals surface area contributed by atoms with Crippen LogP contribution in [0.15, 0.2) is 29.6 Å². The highest BCUT2D eigenvalue weighted by Crippen LogP contribution is 2.16. The van der Waals surface area contributed by atoms with Crippen LogP contribution in [-0.2, 0) is 11.2 Å². The standard InChI is InChI=1S/C22H28N2O3S/c1-3-4-5-6-7-8-9-16-10-12-17(13-11-16)20(25)14-18(23)21-24-19(15-28-21)22(26)27-2/h10-13,15,23H,3-9,14H2,1-2H3. The van der Waals surface area contributed by atoms with E-state index in [0.29, 0.717) is 10.6 Å². The van der Waals surface area contributed by atoms with Crippen molar-refractivity contribution in [2.75, 3.05) is 7.11 Å². The summed E-state index contributed by atoms with van der Waals surface area (Å²) in [5.74, 6) is -0.659. The molecule has 0 aliphatic carbocycles. The average molecular weight is 401 g/mol. The lowest BCUT2D eigenvalue weighted by Gasteiger charge is -2.05. The number of nitrogens with one attached hydrogen (secondary N) is 1. The van der Waals surface area contributed by atoms with Crippen molar-refractivity contribution in [3.63, 3.8) is 0 Å². The zero-order valence-electron chi connectivity index (χ0n) is 16.6. The zero-order chi connectivity index (χ0) is 20.4. The van der Waals surface area contributed by atoms with Crippen LogP contribution in [0, 0.1) is 5.41 Å². The Kier molecular flexibility index (Phi) is 9.01. The van der Waals surface area contributed by atoms with Gasteiger partial charge in [-0.05, 0) is 18.4 Å². The Morgan fingerprint density at radius 2 is 1.75 bits per heavy atom. The van der Waals surface area contributed by atoms with Gasteiger partial charge in [0.2, 0.25) is 0 Å². The smallest absolute Gasteiger partial charge is 0.357 e. The first kappa shape index (κ1) is 22.0. The SMILES string of the molecule is CCCCCCCCc1ccc(C(=O)CC(=N)c2nc(C(=O)OC)cs2)cc1. The summed E-state index contributed by atoms with van der Waals surface area (Å²) in [6.45, 7) is 2.22. The average Bonchev–Trinajstić information content (AvgIpc) is 3.21. The second-order valence-electron chi connectivity index (χ2n) is 6.82. The van der Waals surface area contributed by atoms with Crippen molar-refractivity contribution in [3.8, 4) is 0 Å². The van der Waals surface area contributed by atoms with Crippen molar-refractivity contribution >= 4 is 28.8 Å². The van der Waals surface area contributed by atoms with Gasteiger partial charge in [-0.2, -0.15) is 0 Å². The maximum atomic E-state index is 12.4. The molecule has 0 unspecified atom stereocenters. The molecule has 0 radical (unpaired) electrons. The lowest BCUT2D eigenvalue weighted by atomic mass is 10.0. The van der Waals surface area contributed by atoms with Gasteiger partial charge in [0, 0.05) is 10.9 Å². The van der Waals surface area contributed by atoms with Gasteiger partial charge in [-0.25, -0.2) is 9.78 Å². The number of carbonyl (C=O) groups is 2. The molecular weight excluding hydrogens is 372 g/mol. The maximum absolute atomic E-state index is 12.4. The molecule has 0 spiro atoms. The van der Waals surface area contributed by atoms with E-state index in [0.717, 1.165) is 6.42 Å². The number of hydrogen-bond donors (Lipinski definition) is 1. The van der Waals surface area contributed by atoms with Crippen LogP contribution in [0.4, 0.5) is 0 Å². The molecule has 0 fully saturated rings. The summed E-state index contributed by atoms with van der Waals surface area (Å²) in [4.78, 5) is 28.0. The number of unbranched alkanes of at least 4 members (excludes halogenated alkanes) is 5. The topological polar surface area (TPSA) is 80.1 Å².